The summed E-state index contributed by atoms with van der Waals surface area (Å²) in [5.74, 6) is 1.20. The SMILES string of the molecule is CN/N=C/c1ccc(O)c(OC)c1.COc1cc(/C=N/N(C)C2=NS(=O)(=O)c3ccc(C)cc32)ccc1O.Cc1ccc2c(c1)C(Cl)=NS2(=O)=O. The van der Waals surface area contributed by atoms with Gasteiger partial charge in [0.2, 0.25) is 0 Å². The van der Waals surface area contributed by atoms with Crippen molar-refractivity contribution >= 4 is 55.1 Å². The van der Waals surface area contributed by atoms with Gasteiger partial charge in [0.25, 0.3) is 20.0 Å². The average molecular weight is 755 g/mol. The zero-order valence-electron chi connectivity index (χ0n) is 28.4. The third-order valence-corrected chi connectivity index (χ3v) is 10.2. The minimum Gasteiger partial charge on any atom is -0.504 e. The van der Waals surface area contributed by atoms with Crippen LogP contribution in [-0.2, 0) is 20.0 Å². The summed E-state index contributed by atoms with van der Waals surface area (Å²) in [5, 5.41) is 28.4. The summed E-state index contributed by atoms with van der Waals surface area (Å²) in [7, 11) is -0.905. The number of sulfonamides is 2. The van der Waals surface area contributed by atoms with Gasteiger partial charge in [-0.1, -0.05) is 34.9 Å². The molecule has 17 heteroatoms. The molecular weight excluding hydrogens is 720 g/mol. The lowest BCUT2D eigenvalue weighted by atomic mass is 10.1. The quantitative estimate of drug-likeness (QED) is 0.183. The van der Waals surface area contributed by atoms with Crippen molar-refractivity contribution in [3.63, 3.8) is 0 Å². The molecule has 51 heavy (non-hydrogen) atoms. The Bertz CT molecular complexity index is 2290. The minimum atomic E-state index is -3.70. The second kappa shape index (κ2) is 16.1. The Morgan fingerprint density at radius 1 is 0.745 bits per heavy atom. The van der Waals surface area contributed by atoms with E-state index in [-0.39, 0.29) is 32.3 Å². The van der Waals surface area contributed by atoms with Gasteiger partial charge in [0.15, 0.2) is 34.0 Å². The maximum atomic E-state index is 12.2. The zero-order valence-corrected chi connectivity index (χ0v) is 30.7. The zero-order chi connectivity index (χ0) is 37.5. The summed E-state index contributed by atoms with van der Waals surface area (Å²) in [6.07, 6.45) is 3.17. The van der Waals surface area contributed by atoms with E-state index < -0.39 is 20.0 Å². The highest BCUT2D eigenvalue weighted by Gasteiger charge is 2.31. The molecule has 3 N–H and O–H groups in total. The van der Waals surface area contributed by atoms with Gasteiger partial charge in [0, 0.05) is 25.2 Å². The molecule has 0 bridgehead atoms. The number of hydrazone groups is 2. The predicted molar refractivity (Wildman–Crippen MR) is 197 cm³/mol. The van der Waals surface area contributed by atoms with Crippen LogP contribution in [0.25, 0.3) is 0 Å². The van der Waals surface area contributed by atoms with Crippen LogP contribution in [0.5, 0.6) is 23.0 Å². The van der Waals surface area contributed by atoms with Crippen LogP contribution < -0.4 is 14.9 Å². The molecule has 0 unspecified atom stereocenters. The Morgan fingerprint density at radius 3 is 1.76 bits per heavy atom. The number of amidine groups is 1. The molecule has 2 heterocycles. The average Bonchev–Trinajstić information content (AvgIpc) is 3.49. The van der Waals surface area contributed by atoms with Crippen molar-refractivity contribution in [2.24, 2.45) is 19.0 Å². The molecule has 0 aliphatic carbocycles. The van der Waals surface area contributed by atoms with Gasteiger partial charge in [0.05, 0.1) is 31.5 Å². The number of ether oxygens (including phenoxy) is 2. The molecule has 0 fully saturated rings. The summed E-state index contributed by atoms with van der Waals surface area (Å²) in [6.45, 7) is 3.75. The van der Waals surface area contributed by atoms with Gasteiger partial charge >= 0.3 is 0 Å². The molecule has 4 aromatic carbocycles. The second-order valence-electron chi connectivity index (χ2n) is 10.9. The third kappa shape index (κ3) is 9.22. The van der Waals surface area contributed by atoms with E-state index in [0.717, 1.165) is 16.7 Å². The molecule has 268 valence electrons. The van der Waals surface area contributed by atoms with Gasteiger partial charge < -0.3 is 25.1 Å². The first-order chi connectivity index (χ1) is 24.1. The number of halogens is 1. The van der Waals surface area contributed by atoms with Crippen molar-refractivity contribution in [2.75, 3.05) is 28.3 Å². The van der Waals surface area contributed by atoms with Crippen LogP contribution in [0.2, 0.25) is 0 Å². The lowest BCUT2D eigenvalue weighted by Gasteiger charge is -2.13. The molecule has 0 spiro atoms. The summed E-state index contributed by atoms with van der Waals surface area (Å²) in [5.41, 5.74) is 7.12. The molecular formula is C34H35ClN6O8S2. The number of phenolic OH excluding ortho intramolecular Hbond substituents is 2. The fourth-order valence-electron chi connectivity index (χ4n) is 4.62. The first-order valence-corrected chi connectivity index (χ1v) is 18.1. The largest absolute Gasteiger partial charge is 0.504 e. The van der Waals surface area contributed by atoms with E-state index in [2.05, 4.69) is 24.4 Å². The molecule has 0 atom stereocenters. The predicted octanol–water partition coefficient (Wildman–Crippen LogP) is 4.76. The molecule has 0 saturated heterocycles. The number of aryl methyl sites for hydroxylation is 2. The highest BCUT2D eigenvalue weighted by atomic mass is 35.5. The van der Waals surface area contributed by atoms with Gasteiger partial charge in [-0.05, 0) is 85.6 Å². The maximum absolute atomic E-state index is 12.2. The van der Waals surface area contributed by atoms with Gasteiger partial charge in [-0.25, -0.2) is 5.01 Å². The van der Waals surface area contributed by atoms with Crippen molar-refractivity contribution in [3.8, 4) is 23.0 Å². The van der Waals surface area contributed by atoms with Gasteiger partial charge in [-0.3, -0.25) is 0 Å². The molecule has 14 nitrogen and oxygen atoms in total. The lowest BCUT2D eigenvalue weighted by molar-refractivity contribution is 0.373. The van der Waals surface area contributed by atoms with Gasteiger partial charge in [0.1, 0.15) is 4.90 Å². The number of methoxy groups -OCH3 is 2. The number of hydrogen-bond acceptors (Lipinski definition) is 12. The van der Waals surface area contributed by atoms with Crippen molar-refractivity contribution in [1.82, 2.24) is 10.4 Å². The highest BCUT2D eigenvalue weighted by molar-refractivity contribution is 7.91. The van der Waals surface area contributed by atoms with Crippen LogP contribution in [0, 0.1) is 13.8 Å². The van der Waals surface area contributed by atoms with Crippen molar-refractivity contribution in [1.29, 1.82) is 0 Å². The van der Waals surface area contributed by atoms with Crippen molar-refractivity contribution in [2.45, 2.75) is 23.6 Å². The van der Waals surface area contributed by atoms with Crippen LogP contribution in [0.15, 0.2) is 102 Å². The Labute approximate surface area is 301 Å². The number of rotatable bonds is 6. The number of hydrogen-bond donors (Lipinski definition) is 3. The molecule has 2 aliphatic heterocycles. The van der Waals surface area contributed by atoms with Crippen LogP contribution in [0.4, 0.5) is 0 Å². The van der Waals surface area contributed by atoms with Crippen LogP contribution in [-0.4, -0.2) is 83.8 Å². The number of phenols is 2. The van der Waals surface area contributed by atoms with E-state index in [1.165, 1.54) is 37.6 Å². The third-order valence-electron chi connectivity index (χ3n) is 7.13. The van der Waals surface area contributed by atoms with E-state index in [4.69, 9.17) is 21.1 Å². The maximum Gasteiger partial charge on any atom is 0.285 e. The van der Waals surface area contributed by atoms with E-state index in [0.29, 0.717) is 28.2 Å². The van der Waals surface area contributed by atoms with E-state index in [1.54, 1.807) is 81.0 Å². The lowest BCUT2D eigenvalue weighted by Crippen LogP contribution is -2.21. The highest BCUT2D eigenvalue weighted by Crippen LogP contribution is 2.30. The summed E-state index contributed by atoms with van der Waals surface area (Å²) < 4.78 is 64.1. The number of fused-ring (bicyclic) bond motifs is 2. The van der Waals surface area contributed by atoms with Crippen molar-refractivity contribution in [3.05, 3.63) is 106 Å². The number of benzene rings is 4. The topological polar surface area (TPSA) is 192 Å². The Morgan fingerprint density at radius 2 is 1.24 bits per heavy atom. The van der Waals surface area contributed by atoms with Crippen LogP contribution >= 0.6 is 11.6 Å². The second-order valence-corrected chi connectivity index (χ2v) is 14.4. The Hall–Kier alpha value is -5.45. The standard InChI is InChI=1S/C17H17N3O4S.C9H12N2O2.C8H6ClNO2S/c1-11-4-7-16-13(8-11)17(19-25(16,22)23)20(2)18-10-12-5-6-14(21)15(9-12)24-3;1-10-11-6-7-3-4-8(12)9(5-7)13-2;1-5-2-3-7-6(4-5)8(9)10-13(7,11)12/h4-10,21H,1-3H3;3-6,10,12H,1-2H3;2-4H,1H3/b18-10+;11-6+;. The Balaban J connectivity index is 0.000000189. The molecule has 0 saturated carbocycles. The number of nitrogens with zero attached hydrogens (tertiary/aromatic N) is 5. The van der Waals surface area contributed by atoms with Crippen molar-refractivity contribution < 1.29 is 36.5 Å². The minimum absolute atomic E-state index is 0.0312. The summed E-state index contributed by atoms with van der Waals surface area (Å²) in [4.78, 5) is 0.379. The summed E-state index contributed by atoms with van der Waals surface area (Å²) >= 11 is 5.67. The van der Waals surface area contributed by atoms with Crippen LogP contribution in [0.3, 0.4) is 0 Å². The van der Waals surface area contributed by atoms with E-state index in [1.807, 2.05) is 13.8 Å². The smallest absolute Gasteiger partial charge is 0.285 e. The Kier molecular flexibility index (Phi) is 12.1. The van der Waals surface area contributed by atoms with Gasteiger partial charge in [-0.15, -0.1) is 8.80 Å². The van der Waals surface area contributed by atoms with Gasteiger partial charge in [-0.2, -0.15) is 27.0 Å². The van der Waals surface area contributed by atoms with E-state index >= 15 is 0 Å². The fourth-order valence-corrected chi connectivity index (χ4v) is 7.40. The first-order valence-electron chi connectivity index (χ1n) is 14.9. The first kappa shape index (κ1) is 38.4. The molecule has 0 aromatic heterocycles. The number of nitrogens with one attached hydrogen (secondary N) is 1. The molecule has 6 rings (SSSR count). The van der Waals surface area contributed by atoms with Crippen LogP contribution in [0.1, 0.15) is 33.4 Å². The molecule has 2 aliphatic rings. The fraction of sp³-hybridized carbons (Fsp3) is 0.176. The molecule has 4 aromatic rings. The monoisotopic (exact) mass is 754 g/mol. The molecule has 0 amide bonds. The number of aromatic hydroxyl groups is 2. The normalized spacial score (nSPS) is 14.6. The van der Waals surface area contributed by atoms with E-state index in [9.17, 15) is 27.0 Å². The summed E-state index contributed by atoms with van der Waals surface area (Å²) in [6, 6.07) is 19.8. The molecule has 0 radical (unpaired) electrons.